The summed E-state index contributed by atoms with van der Waals surface area (Å²) in [6, 6.07) is 25.7. The van der Waals surface area contributed by atoms with Gasteiger partial charge in [0.05, 0.1) is 44.5 Å². The highest BCUT2D eigenvalue weighted by Gasteiger charge is 2.40. The molecule has 4 aromatic carbocycles. The van der Waals surface area contributed by atoms with Crippen molar-refractivity contribution in [2.75, 3.05) is 0 Å². The van der Waals surface area contributed by atoms with Crippen LogP contribution in [-0.4, -0.2) is 33.3 Å². The van der Waals surface area contributed by atoms with E-state index in [0.29, 0.717) is 22.3 Å². The van der Waals surface area contributed by atoms with Gasteiger partial charge in [-0.25, -0.2) is 0 Å². The molecule has 2 N–H and O–H groups in total. The third-order valence-corrected chi connectivity index (χ3v) is 12.3. The molecule has 0 unspecified atom stereocenters. The third kappa shape index (κ3) is 9.32. The van der Waals surface area contributed by atoms with Gasteiger partial charge in [-0.2, -0.15) is 0 Å². The third-order valence-electron chi connectivity index (χ3n) is 12.3. The Bertz CT molecular complexity index is 2690. The molecule has 0 amide bonds. The molecule has 0 radical (unpaired) electrons. The minimum absolute atomic E-state index is 0.00157. The Labute approximate surface area is 388 Å². The summed E-state index contributed by atoms with van der Waals surface area (Å²) in [6.45, 7) is 23.3. The van der Waals surface area contributed by atoms with Gasteiger partial charge in [-0.15, -0.1) is 0 Å². The Kier molecular flexibility index (Phi) is 12.3. The second kappa shape index (κ2) is 17.2. The van der Waals surface area contributed by atoms with E-state index in [9.17, 15) is 19.8 Å². The molecule has 0 spiro atoms. The predicted molar refractivity (Wildman–Crippen MR) is 261 cm³/mol. The normalized spacial score (nSPS) is 16.2. The van der Waals surface area contributed by atoms with Gasteiger partial charge in [-0.1, -0.05) is 144 Å². The van der Waals surface area contributed by atoms with E-state index in [4.69, 9.17) is 9.47 Å². The van der Waals surface area contributed by atoms with Gasteiger partial charge in [-0.05, 0) is 104 Å². The van der Waals surface area contributed by atoms with Crippen LogP contribution in [0.25, 0.3) is 11.5 Å². The van der Waals surface area contributed by atoms with Crippen molar-refractivity contribution >= 4 is 34.7 Å². The maximum atomic E-state index is 16.0. The van der Waals surface area contributed by atoms with E-state index in [2.05, 4.69) is 0 Å². The molecule has 0 saturated carbocycles. The van der Waals surface area contributed by atoms with E-state index in [0.717, 1.165) is 11.1 Å². The number of Topliss-reactive ketones (excluding diaryl/α,β-unsaturated/α-hetero) is 3. The first-order chi connectivity index (χ1) is 30.8. The lowest BCUT2D eigenvalue weighted by molar-refractivity contribution is -0.119. The number of fused-ring (bicyclic) bond motifs is 8. The van der Waals surface area contributed by atoms with Crippen LogP contribution in [0.3, 0.4) is 0 Å². The zero-order chi connectivity index (χ0) is 48.3. The second-order valence-electron chi connectivity index (χ2n) is 21.5. The SMILES string of the molecule is CC(C)(C)C1=CC2=C(O)c3cc(C(C)(C)C)cc(c3OCc3ccccc3)C(=O)c3cc(C(C)(C)C)cc(c3OCc3ccccc3)C(O)=C3C=C(C(C)(C)C)C=C(C(=O)C(=C1)C2=O)C3=O. The Hall–Kier alpha value is -6.80. The summed E-state index contributed by atoms with van der Waals surface area (Å²) in [7, 11) is 0. The second-order valence-corrected chi connectivity index (χ2v) is 21.5. The molecule has 340 valence electrons. The number of ether oxygens (including phenoxy) is 2. The van der Waals surface area contributed by atoms with Gasteiger partial charge in [0.2, 0.25) is 23.1 Å². The number of ketones is 4. The Balaban J connectivity index is 1.69. The van der Waals surface area contributed by atoms with Crippen LogP contribution < -0.4 is 9.47 Å². The van der Waals surface area contributed by atoms with Crippen molar-refractivity contribution in [2.45, 2.75) is 107 Å². The molecule has 8 bridgehead atoms. The molecule has 0 heterocycles. The molecule has 3 aliphatic rings. The lowest BCUT2D eigenvalue weighted by Gasteiger charge is -2.29. The molecular weight excluding hydrogens is 825 g/mol. The van der Waals surface area contributed by atoms with Gasteiger partial charge >= 0.3 is 0 Å². The summed E-state index contributed by atoms with van der Waals surface area (Å²) >= 11 is 0. The number of hydrogen-bond acceptors (Lipinski definition) is 8. The molecule has 8 nitrogen and oxygen atoms in total. The van der Waals surface area contributed by atoms with Crippen LogP contribution in [-0.2, 0) is 38.4 Å². The number of aliphatic hydroxyl groups is 2. The maximum Gasteiger partial charge on any atom is 0.200 e. The number of aliphatic hydroxyl groups excluding tert-OH is 2. The minimum atomic E-state index is -0.859. The van der Waals surface area contributed by atoms with Crippen molar-refractivity contribution in [1.29, 1.82) is 0 Å². The summed E-state index contributed by atoms with van der Waals surface area (Å²) in [4.78, 5) is 61.0. The molecule has 0 aromatic heterocycles. The van der Waals surface area contributed by atoms with E-state index < -0.39 is 56.3 Å². The average molecular weight is 885 g/mol. The first kappa shape index (κ1) is 47.2. The fraction of sp³-hybridized carbons (Fsp3) is 0.310. The monoisotopic (exact) mass is 884 g/mol. The van der Waals surface area contributed by atoms with Gasteiger partial charge in [0, 0.05) is 0 Å². The topological polar surface area (TPSA) is 127 Å². The number of hydrogen-bond donors (Lipinski definition) is 2. The summed E-state index contributed by atoms with van der Waals surface area (Å²) in [6.07, 6.45) is 6.10. The fourth-order valence-corrected chi connectivity index (χ4v) is 7.98. The number of allylic oxidation sites excluding steroid dienone is 10. The summed E-state index contributed by atoms with van der Waals surface area (Å²) in [5.41, 5.74) is 0.612. The van der Waals surface area contributed by atoms with Gasteiger partial charge in [0.1, 0.15) is 36.2 Å². The highest BCUT2D eigenvalue weighted by molar-refractivity contribution is 6.42. The molecule has 66 heavy (non-hydrogen) atoms. The number of carbonyl (C=O) groups is 4. The highest BCUT2D eigenvalue weighted by atomic mass is 16.5. The van der Waals surface area contributed by atoms with E-state index in [1.807, 2.05) is 144 Å². The average Bonchev–Trinajstić information content (AvgIpc) is 3.25. The molecule has 0 fully saturated rings. The van der Waals surface area contributed by atoms with Crippen LogP contribution in [0.4, 0.5) is 0 Å². The minimum Gasteiger partial charge on any atom is -0.506 e. The van der Waals surface area contributed by atoms with Crippen LogP contribution in [0.15, 0.2) is 143 Å². The quantitative estimate of drug-likeness (QED) is 0.183. The fourth-order valence-electron chi connectivity index (χ4n) is 7.98. The first-order valence-electron chi connectivity index (χ1n) is 22.4. The Morgan fingerprint density at radius 3 is 1.06 bits per heavy atom. The van der Waals surface area contributed by atoms with Crippen LogP contribution in [0.2, 0.25) is 0 Å². The van der Waals surface area contributed by atoms with Gasteiger partial charge < -0.3 is 19.7 Å². The number of rotatable bonds is 6. The molecule has 3 aliphatic carbocycles. The Morgan fingerprint density at radius 1 is 0.409 bits per heavy atom. The van der Waals surface area contributed by atoms with E-state index in [1.54, 1.807) is 36.4 Å². The molecule has 0 saturated heterocycles. The molecule has 7 rings (SSSR count). The van der Waals surface area contributed by atoms with E-state index in [-0.39, 0.29) is 69.3 Å². The predicted octanol–water partition coefficient (Wildman–Crippen LogP) is 12.8. The molecule has 0 atom stereocenters. The molecular formula is C58H60O8. The van der Waals surface area contributed by atoms with Crippen molar-refractivity contribution in [1.82, 2.24) is 0 Å². The zero-order valence-electron chi connectivity index (χ0n) is 40.2. The lowest BCUT2D eigenvalue weighted by Crippen LogP contribution is -2.28. The first-order valence-corrected chi connectivity index (χ1v) is 22.4. The van der Waals surface area contributed by atoms with Crippen molar-refractivity contribution in [3.8, 4) is 11.5 Å². The summed E-state index contributed by atoms with van der Waals surface area (Å²) in [5, 5.41) is 25.6. The number of benzene rings is 4. The zero-order valence-corrected chi connectivity index (χ0v) is 40.2. The van der Waals surface area contributed by atoms with Gasteiger partial charge in [0.25, 0.3) is 0 Å². The van der Waals surface area contributed by atoms with Crippen molar-refractivity contribution < 1.29 is 38.9 Å². The van der Waals surface area contributed by atoms with Crippen molar-refractivity contribution in [3.05, 3.63) is 187 Å². The van der Waals surface area contributed by atoms with Crippen LogP contribution in [0.5, 0.6) is 11.5 Å². The van der Waals surface area contributed by atoms with Gasteiger partial charge in [-0.3, -0.25) is 19.2 Å². The molecule has 4 aromatic rings. The summed E-state index contributed by atoms with van der Waals surface area (Å²) in [5.74, 6) is -4.04. The van der Waals surface area contributed by atoms with Crippen LogP contribution in [0.1, 0.15) is 132 Å². The van der Waals surface area contributed by atoms with E-state index >= 15 is 9.59 Å². The lowest BCUT2D eigenvalue weighted by atomic mass is 9.74. The number of carbonyl (C=O) groups excluding carboxylic acids is 4. The van der Waals surface area contributed by atoms with Crippen LogP contribution >= 0.6 is 0 Å². The highest BCUT2D eigenvalue weighted by Crippen LogP contribution is 2.45. The van der Waals surface area contributed by atoms with E-state index in [1.165, 1.54) is 12.2 Å². The molecule has 8 heteroatoms. The Morgan fingerprint density at radius 2 is 0.742 bits per heavy atom. The smallest absolute Gasteiger partial charge is 0.200 e. The molecule has 0 aliphatic heterocycles. The maximum absolute atomic E-state index is 16.0. The summed E-state index contributed by atoms with van der Waals surface area (Å²) < 4.78 is 13.4. The van der Waals surface area contributed by atoms with Crippen molar-refractivity contribution in [2.24, 2.45) is 10.8 Å². The van der Waals surface area contributed by atoms with Crippen molar-refractivity contribution in [3.63, 3.8) is 0 Å². The van der Waals surface area contributed by atoms with Gasteiger partial charge in [0.15, 0.2) is 0 Å². The largest absolute Gasteiger partial charge is 0.506 e. The standard InChI is InChI=1S/C58H60O8/c1-55(2,3)35-23-39-47(59)40-24-36(56(4,5)6)26-42(49(40)61)51(63)44-28-38(58(10,11)12)30-46(54(44)66-32-34-21-17-14-18-22-34)52(64)45-29-37(57(7,8)9)27-43(50(62)41(25-35)48(39)60)53(45)65-31-33-19-15-13-16-20-33/h13-30,62-63H,31-32H2,1-12H3. The van der Waals surface area contributed by atoms with Crippen LogP contribution in [0, 0.1) is 10.8 Å².